The largest absolute Gasteiger partial charge is 0.508 e. The van der Waals surface area contributed by atoms with Crippen LogP contribution in [0.4, 0.5) is 4.79 Å². The molecule has 1 aromatic carbocycles. The fourth-order valence-corrected chi connectivity index (χ4v) is 2.43. The third-order valence-corrected chi connectivity index (χ3v) is 4.67. The molecule has 5 heteroatoms. The number of hydrogen-bond donors (Lipinski definition) is 2. The number of rotatable bonds is 8. The van der Waals surface area contributed by atoms with Crippen LogP contribution in [0.5, 0.6) is 5.75 Å². The van der Waals surface area contributed by atoms with E-state index in [2.05, 4.69) is 41.6 Å². The van der Waals surface area contributed by atoms with Crippen LogP contribution < -0.4 is 0 Å². The lowest BCUT2D eigenvalue weighted by atomic mass is 9.78. The molecule has 2 unspecified atom stereocenters. The maximum atomic E-state index is 11.0. The lowest BCUT2D eigenvalue weighted by Gasteiger charge is -2.29. The second-order valence-corrected chi connectivity index (χ2v) is 6.98. The zero-order valence-electron chi connectivity index (χ0n) is 13.6. The van der Waals surface area contributed by atoms with Gasteiger partial charge in [-0.25, -0.2) is 4.79 Å². The van der Waals surface area contributed by atoms with E-state index in [1.165, 1.54) is 4.90 Å². The third-order valence-electron chi connectivity index (χ3n) is 3.92. The number of alkyl halides is 1. The fraction of sp³-hybridized carbons (Fsp3) is 0.389. The van der Waals surface area contributed by atoms with Gasteiger partial charge in [-0.15, -0.1) is 6.58 Å². The van der Waals surface area contributed by atoms with Gasteiger partial charge in [-0.3, -0.25) is 0 Å². The summed E-state index contributed by atoms with van der Waals surface area (Å²) in [5.74, 6) is 0.218. The number of aromatic hydroxyl groups is 1. The van der Waals surface area contributed by atoms with Crippen LogP contribution in [-0.4, -0.2) is 39.6 Å². The van der Waals surface area contributed by atoms with Gasteiger partial charge in [0.05, 0.1) is 0 Å². The molecule has 0 aliphatic heterocycles. The van der Waals surface area contributed by atoms with Crippen molar-refractivity contribution in [2.24, 2.45) is 0 Å². The molecule has 0 bridgehead atoms. The SMILES string of the molecule is C=CC(Br)C/C=C/C(C)(CCN(C)C(=O)O)c1ccc(O)cc1. The van der Waals surface area contributed by atoms with E-state index in [1.54, 1.807) is 19.2 Å². The van der Waals surface area contributed by atoms with Crippen molar-refractivity contribution in [3.8, 4) is 5.75 Å². The Morgan fingerprint density at radius 3 is 2.57 bits per heavy atom. The number of halogens is 1. The molecule has 0 aromatic heterocycles. The van der Waals surface area contributed by atoms with Crippen LogP contribution >= 0.6 is 15.9 Å². The second-order valence-electron chi connectivity index (χ2n) is 5.81. The lowest BCUT2D eigenvalue weighted by Crippen LogP contribution is -2.31. The molecule has 4 nitrogen and oxygen atoms in total. The molecule has 0 aliphatic rings. The fourth-order valence-electron chi connectivity index (χ4n) is 2.22. The predicted octanol–water partition coefficient (Wildman–Crippen LogP) is 4.55. The van der Waals surface area contributed by atoms with Gasteiger partial charge in [0.2, 0.25) is 0 Å². The molecule has 0 fully saturated rings. The average molecular weight is 382 g/mol. The van der Waals surface area contributed by atoms with Gasteiger partial charge in [0.15, 0.2) is 0 Å². The number of hydrogen-bond acceptors (Lipinski definition) is 2. The number of allylic oxidation sites excluding steroid dienone is 3. The van der Waals surface area contributed by atoms with Gasteiger partial charge in [0.1, 0.15) is 5.75 Å². The van der Waals surface area contributed by atoms with Crippen LogP contribution in [0, 0.1) is 0 Å². The maximum absolute atomic E-state index is 11.0. The number of carboxylic acid groups (broad SMARTS) is 1. The van der Waals surface area contributed by atoms with Crippen molar-refractivity contribution in [1.29, 1.82) is 0 Å². The van der Waals surface area contributed by atoms with Crippen LogP contribution in [-0.2, 0) is 5.41 Å². The normalized spacial score (nSPS) is 15.1. The maximum Gasteiger partial charge on any atom is 0.407 e. The number of carbonyl (C=O) groups is 1. The first-order valence-corrected chi connectivity index (χ1v) is 8.38. The molecule has 1 aromatic rings. The van der Waals surface area contributed by atoms with Crippen molar-refractivity contribution in [3.63, 3.8) is 0 Å². The molecule has 1 rings (SSSR count). The molecule has 0 saturated heterocycles. The molecule has 0 saturated carbocycles. The van der Waals surface area contributed by atoms with E-state index in [0.717, 1.165) is 12.0 Å². The van der Waals surface area contributed by atoms with Crippen molar-refractivity contribution in [2.45, 2.75) is 30.0 Å². The van der Waals surface area contributed by atoms with Crippen molar-refractivity contribution < 1.29 is 15.0 Å². The van der Waals surface area contributed by atoms with E-state index >= 15 is 0 Å². The average Bonchev–Trinajstić information content (AvgIpc) is 2.52. The van der Waals surface area contributed by atoms with Gasteiger partial charge in [0, 0.05) is 23.8 Å². The monoisotopic (exact) mass is 381 g/mol. The molecule has 1 amide bonds. The van der Waals surface area contributed by atoms with E-state index < -0.39 is 6.09 Å². The van der Waals surface area contributed by atoms with E-state index in [1.807, 2.05) is 18.2 Å². The minimum absolute atomic E-state index is 0.213. The summed E-state index contributed by atoms with van der Waals surface area (Å²) in [7, 11) is 1.56. The van der Waals surface area contributed by atoms with Crippen molar-refractivity contribution in [3.05, 3.63) is 54.6 Å². The Hall–Kier alpha value is -1.75. The lowest BCUT2D eigenvalue weighted by molar-refractivity contribution is 0.153. The Balaban J connectivity index is 2.96. The van der Waals surface area contributed by atoms with Crippen LogP contribution in [0.3, 0.4) is 0 Å². The summed E-state index contributed by atoms with van der Waals surface area (Å²) in [4.78, 5) is 12.5. The molecule has 2 N–H and O–H groups in total. The summed E-state index contributed by atoms with van der Waals surface area (Å²) in [6.07, 6.45) is 6.54. The Labute approximate surface area is 146 Å². The van der Waals surface area contributed by atoms with Gasteiger partial charge in [-0.2, -0.15) is 0 Å². The number of amides is 1. The molecular weight excluding hydrogens is 358 g/mol. The Kier molecular flexibility index (Phi) is 7.36. The summed E-state index contributed by atoms with van der Waals surface area (Å²) in [6, 6.07) is 7.05. The number of phenolic OH excluding ortho intramolecular Hbond substituents is 1. The van der Waals surface area contributed by atoms with Crippen LogP contribution in [0.1, 0.15) is 25.3 Å². The zero-order chi connectivity index (χ0) is 17.5. The summed E-state index contributed by atoms with van der Waals surface area (Å²) >= 11 is 3.50. The number of benzene rings is 1. The van der Waals surface area contributed by atoms with E-state index in [-0.39, 0.29) is 16.0 Å². The van der Waals surface area contributed by atoms with Crippen molar-refractivity contribution >= 4 is 22.0 Å². The minimum Gasteiger partial charge on any atom is -0.508 e. The topological polar surface area (TPSA) is 60.8 Å². The summed E-state index contributed by atoms with van der Waals surface area (Å²) in [6.45, 7) is 6.24. The highest BCUT2D eigenvalue weighted by Gasteiger charge is 2.24. The Morgan fingerprint density at radius 2 is 2.04 bits per heavy atom. The minimum atomic E-state index is -0.936. The van der Waals surface area contributed by atoms with E-state index in [4.69, 9.17) is 5.11 Å². The molecule has 2 atom stereocenters. The predicted molar refractivity (Wildman–Crippen MR) is 97.4 cm³/mol. The smallest absolute Gasteiger partial charge is 0.407 e. The van der Waals surface area contributed by atoms with Crippen LogP contribution in [0.15, 0.2) is 49.1 Å². The standard InChI is InChI=1S/C18H24BrNO3/c1-4-15(19)6-5-11-18(2,12-13-20(3)17(22)23)14-7-9-16(21)10-8-14/h4-5,7-11,15,21H,1,6,12-13H2,2-3H3,(H,22,23)/b11-5+. The molecule has 0 heterocycles. The first kappa shape index (κ1) is 19.3. The van der Waals surface area contributed by atoms with E-state index in [9.17, 15) is 9.90 Å². The van der Waals surface area contributed by atoms with Gasteiger partial charge in [-0.1, -0.05) is 53.2 Å². The Morgan fingerprint density at radius 1 is 1.43 bits per heavy atom. The number of phenols is 1. The van der Waals surface area contributed by atoms with Crippen molar-refractivity contribution in [1.82, 2.24) is 4.90 Å². The van der Waals surface area contributed by atoms with E-state index in [0.29, 0.717) is 13.0 Å². The molecule has 0 radical (unpaired) electrons. The molecular formula is C18H24BrNO3. The van der Waals surface area contributed by atoms with Crippen LogP contribution in [0.2, 0.25) is 0 Å². The van der Waals surface area contributed by atoms with Crippen LogP contribution in [0.25, 0.3) is 0 Å². The first-order valence-electron chi connectivity index (χ1n) is 7.46. The quantitative estimate of drug-likeness (QED) is 0.512. The number of nitrogens with zero attached hydrogens (tertiary/aromatic N) is 1. The van der Waals surface area contributed by atoms with Gasteiger partial charge in [-0.05, 0) is 30.5 Å². The highest BCUT2D eigenvalue weighted by molar-refractivity contribution is 9.09. The highest BCUT2D eigenvalue weighted by Crippen LogP contribution is 2.31. The summed E-state index contributed by atoms with van der Waals surface area (Å²) in [5.41, 5.74) is 0.723. The molecule has 23 heavy (non-hydrogen) atoms. The van der Waals surface area contributed by atoms with Gasteiger partial charge >= 0.3 is 6.09 Å². The second kappa shape index (κ2) is 8.77. The molecule has 0 aliphatic carbocycles. The van der Waals surface area contributed by atoms with Gasteiger partial charge in [0.25, 0.3) is 0 Å². The zero-order valence-corrected chi connectivity index (χ0v) is 15.2. The third kappa shape index (κ3) is 6.10. The van der Waals surface area contributed by atoms with Crippen molar-refractivity contribution in [2.75, 3.05) is 13.6 Å². The van der Waals surface area contributed by atoms with Gasteiger partial charge < -0.3 is 15.1 Å². The Bertz CT molecular complexity index is 556. The molecule has 0 spiro atoms. The highest BCUT2D eigenvalue weighted by atomic mass is 79.9. The molecule has 126 valence electrons. The first-order chi connectivity index (χ1) is 10.8. The summed E-state index contributed by atoms with van der Waals surface area (Å²) < 4.78 is 0. The summed E-state index contributed by atoms with van der Waals surface area (Å²) in [5, 5.41) is 18.5.